The second-order valence-corrected chi connectivity index (χ2v) is 8.06. The molecule has 9 heteroatoms. The van der Waals surface area contributed by atoms with Crippen molar-refractivity contribution in [2.75, 3.05) is 32.5 Å². The largest absolute Gasteiger partial charge is 0.363 e. The monoisotopic (exact) mass is 344 g/mol. The summed E-state index contributed by atoms with van der Waals surface area (Å²) in [6.07, 6.45) is 1.14. The average Bonchev–Trinajstić information content (AvgIpc) is 2.76. The van der Waals surface area contributed by atoms with Gasteiger partial charge in [-0.15, -0.1) is 0 Å². The summed E-state index contributed by atoms with van der Waals surface area (Å²) in [6, 6.07) is 1.97. The third-order valence-corrected chi connectivity index (χ3v) is 5.15. The van der Waals surface area contributed by atoms with Crippen LogP contribution in [0.25, 0.3) is 0 Å². The molecular weight excluding hydrogens is 320 g/mol. The van der Waals surface area contributed by atoms with Crippen molar-refractivity contribution in [1.82, 2.24) is 19.4 Å². The molecule has 0 radical (unpaired) electrons. The normalized spacial score (nSPS) is 23.0. The molecule has 1 amide bonds. The Balaban J connectivity index is 1.93. The lowest BCUT2D eigenvalue weighted by molar-refractivity contribution is -0.152. The first-order valence-corrected chi connectivity index (χ1v) is 9.35. The molecule has 1 N–H and O–H groups in total. The Morgan fingerprint density at radius 2 is 2.17 bits per heavy atom. The SMILES string of the molecule is Cc1cc(C)n(CCNC(=O)[C@@]2(C)CN(S(C)(=O)=O)CCO2)n1. The zero-order valence-electron chi connectivity index (χ0n) is 14.0. The number of carbonyl (C=O) groups is 1. The molecule has 0 unspecified atom stereocenters. The summed E-state index contributed by atoms with van der Waals surface area (Å²) in [6.45, 7) is 6.94. The standard InChI is InChI=1S/C14H24N4O4S/c1-11-9-12(2)18(16-11)6-5-15-13(19)14(3)10-17(7-8-22-14)23(4,20)21/h9H,5-8,10H2,1-4H3,(H,15,19)/t14-/m1/s1. The average molecular weight is 344 g/mol. The smallest absolute Gasteiger partial charge is 0.253 e. The minimum Gasteiger partial charge on any atom is -0.363 e. The quantitative estimate of drug-likeness (QED) is 0.789. The maximum Gasteiger partial charge on any atom is 0.253 e. The Hall–Kier alpha value is -1.45. The predicted molar refractivity (Wildman–Crippen MR) is 85.5 cm³/mol. The van der Waals surface area contributed by atoms with Crippen molar-refractivity contribution in [3.63, 3.8) is 0 Å². The van der Waals surface area contributed by atoms with Gasteiger partial charge in [0.25, 0.3) is 5.91 Å². The van der Waals surface area contributed by atoms with Crippen LogP contribution in [0, 0.1) is 13.8 Å². The molecule has 2 heterocycles. The van der Waals surface area contributed by atoms with Crippen molar-refractivity contribution in [3.8, 4) is 0 Å². The number of ether oxygens (including phenoxy) is 1. The molecule has 1 atom stereocenters. The number of carbonyl (C=O) groups excluding carboxylic acids is 1. The van der Waals surface area contributed by atoms with E-state index >= 15 is 0 Å². The molecular formula is C14H24N4O4S. The molecule has 23 heavy (non-hydrogen) atoms. The van der Waals surface area contributed by atoms with Gasteiger partial charge in [-0.3, -0.25) is 9.48 Å². The molecule has 0 spiro atoms. The highest BCUT2D eigenvalue weighted by Gasteiger charge is 2.41. The van der Waals surface area contributed by atoms with E-state index in [-0.39, 0.29) is 25.6 Å². The molecule has 1 fully saturated rings. The van der Waals surface area contributed by atoms with Gasteiger partial charge >= 0.3 is 0 Å². The third-order valence-electron chi connectivity index (χ3n) is 3.90. The van der Waals surface area contributed by atoms with Gasteiger partial charge in [-0.1, -0.05) is 0 Å². The number of nitrogens with one attached hydrogen (secondary N) is 1. The Kier molecular flexibility index (Phi) is 5.12. The number of nitrogens with zero attached hydrogens (tertiary/aromatic N) is 3. The number of aryl methyl sites for hydroxylation is 2. The molecule has 1 aliphatic rings. The number of morpholine rings is 1. The van der Waals surface area contributed by atoms with Crippen molar-refractivity contribution in [2.24, 2.45) is 0 Å². The number of aromatic nitrogens is 2. The van der Waals surface area contributed by atoms with Gasteiger partial charge in [-0.2, -0.15) is 9.40 Å². The van der Waals surface area contributed by atoms with Gasteiger partial charge in [0.05, 0.1) is 31.6 Å². The summed E-state index contributed by atoms with van der Waals surface area (Å²) in [5.41, 5.74) is 0.788. The van der Waals surface area contributed by atoms with E-state index in [0.29, 0.717) is 13.1 Å². The van der Waals surface area contributed by atoms with Crippen molar-refractivity contribution in [3.05, 3.63) is 17.5 Å². The molecule has 8 nitrogen and oxygen atoms in total. The van der Waals surface area contributed by atoms with Crippen LogP contribution in [0.3, 0.4) is 0 Å². The molecule has 1 aromatic heterocycles. The molecule has 0 aliphatic carbocycles. The molecule has 2 rings (SSSR count). The van der Waals surface area contributed by atoms with Crippen LogP contribution in [0.2, 0.25) is 0 Å². The second kappa shape index (κ2) is 6.58. The van der Waals surface area contributed by atoms with Gasteiger partial charge in [-0.25, -0.2) is 8.42 Å². The second-order valence-electron chi connectivity index (χ2n) is 6.08. The van der Waals surface area contributed by atoms with Crippen LogP contribution in [0.5, 0.6) is 0 Å². The zero-order chi connectivity index (χ0) is 17.3. The van der Waals surface area contributed by atoms with Crippen LogP contribution in [0.1, 0.15) is 18.3 Å². The Morgan fingerprint density at radius 3 is 2.74 bits per heavy atom. The maximum atomic E-state index is 12.4. The molecule has 0 bridgehead atoms. The van der Waals surface area contributed by atoms with E-state index in [1.807, 2.05) is 24.6 Å². The predicted octanol–water partition coefficient (Wildman–Crippen LogP) is -0.333. The number of rotatable bonds is 5. The Labute approximate surface area is 136 Å². The summed E-state index contributed by atoms with van der Waals surface area (Å²) < 4.78 is 32.0. The highest BCUT2D eigenvalue weighted by molar-refractivity contribution is 7.88. The van der Waals surface area contributed by atoms with Crippen LogP contribution in [-0.2, 0) is 26.1 Å². The molecule has 0 saturated carbocycles. The van der Waals surface area contributed by atoms with Crippen LogP contribution >= 0.6 is 0 Å². The Bertz CT molecular complexity index is 685. The maximum absolute atomic E-state index is 12.4. The van der Waals surface area contributed by atoms with Gasteiger partial charge in [0.15, 0.2) is 5.60 Å². The lowest BCUT2D eigenvalue weighted by Crippen LogP contribution is -2.59. The fourth-order valence-electron chi connectivity index (χ4n) is 2.62. The highest BCUT2D eigenvalue weighted by Crippen LogP contribution is 2.19. The van der Waals surface area contributed by atoms with Crippen LogP contribution < -0.4 is 5.32 Å². The minimum absolute atomic E-state index is 0.0254. The van der Waals surface area contributed by atoms with Crippen molar-refractivity contribution < 1.29 is 17.9 Å². The van der Waals surface area contributed by atoms with E-state index in [2.05, 4.69) is 10.4 Å². The molecule has 1 aromatic rings. The van der Waals surface area contributed by atoms with Gasteiger partial charge in [-0.05, 0) is 26.8 Å². The van der Waals surface area contributed by atoms with E-state index in [1.165, 1.54) is 4.31 Å². The topological polar surface area (TPSA) is 93.5 Å². The van der Waals surface area contributed by atoms with Gasteiger partial charge in [0, 0.05) is 18.8 Å². The summed E-state index contributed by atoms with van der Waals surface area (Å²) >= 11 is 0. The van der Waals surface area contributed by atoms with Gasteiger partial charge in [0.1, 0.15) is 0 Å². The first-order valence-electron chi connectivity index (χ1n) is 7.50. The molecule has 130 valence electrons. The third kappa shape index (κ3) is 4.30. The highest BCUT2D eigenvalue weighted by atomic mass is 32.2. The summed E-state index contributed by atoms with van der Waals surface area (Å²) in [5.74, 6) is -0.313. The Morgan fingerprint density at radius 1 is 1.48 bits per heavy atom. The first-order chi connectivity index (χ1) is 10.6. The fraction of sp³-hybridized carbons (Fsp3) is 0.714. The summed E-state index contributed by atoms with van der Waals surface area (Å²) in [5, 5.41) is 7.13. The van der Waals surface area contributed by atoms with E-state index < -0.39 is 15.6 Å². The number of amides is 1. The summed E-state index contributed by atoms with van der Waals surface area (Å²) in [7, 11) is -3.34. The fourth-order valence-corrected chi connectivity index (χ4v) is 3.51. The number of hydrogen-bond acceptors (Lipinski definition) is 5. The number of hydrogen-bond donors (Lipinski definition) is 1. The molecule has 1 aliphatic heterocycles. The van der Waals surface area contributed by atoms with E-state index in [0.717, 1.165) is 17.6 Å². The van der Waals surface area contributed by atoms with Crippen molar-refractivity contribution >= 4 is 15.9 Å². The van der Waals surface area contributed by atoms with E-state index in [1.54, 1.807) is 6.92 Å². The van der Waals surface area contributed by atoms with Gasteiger partial charge in [0.2, 0.25) is 10.0 Å². The lowest BCUT2D eigenvalue weighted by atomic mass is 10.0. The van der Waals surface area contributed by atoms with Crippen molar-refractivity contribution in [1.29, 1.82) is 0 Å². The lowest BCUT2D eigenvalue weighted by Gasteiger charge is -2.37. The van der Waals surface area contributed by atoms with Crippen molar-refractivity contribution in [2.45, 2.75) is 32.9 Å². The molecule has 0 aromatic carbocycles. The first kappa shape index (κ1) is 17.9. The molecule has 1 saturated heterocycles. The van der Waals surface area contributed by atoms with Crippen LogP contribution in [0.4, 0.5) is 0 Å². The number of sulfonamides is 1. The summed E-state index contributed by atoms with van der Waals surface area (Å²) in [4.78, 5) is 12.4. The van der Waals surface area contributed by atoms with Crippen LogP contribution in [0.15, 0.2) is 6.07 Å². The van der Waals surface area contributed by atoms with Gasteiger partial charge < -0.3 is 10.1 Å². The zero-order valence-corrected chi connectivity index (χ0v) is 14.8. The van der Waals surface area contributed by atoms with E-state index in [4.69, 9.17) is 4.74 Å². The minimum atomic E-state index is -3.34. The van der Waals surface area contributed by atoms with Crippen LogP contribution in [-0.4, -0.2) is 66.5 Å². The van der Waals surface area contributed by atoms with E-state index in [9.17, 15) is 13.2 Å².